The maximum absolute atomic E-state index is 4.77. The van der Waals surface area contributed by atoms with E-state index in [9.17, 15) is 0 Å². The van der Waals surface area contributed by atoms with Gasteiger partial charge in [0.15, 0.2) is 5.65 Å². The minimum Gasteiger partial charge on any atom is -0.304 e. The third-order valence-electron chi connectivity index (χ3n) is 7.70. The second-order valence-corrected chi connectivity index (χ2v) is 10.2. The average molecular weight is 457 g/mol. The second-order valence-electron chi connectivity index (χ2n) is 10.2. The van der Waals surface area contributed by atoms with E-state index in [0.29, 0.717) is 11.8 Å². The zero-order valence-electron chi connectivity index (χ0n) is 21.0. The van der Waals surface area contributed by atoms with E-state index in [1.807, 2.05) is 10.7 Å². The number of pyridine rings is 1. The van der Waals surface area contributed by atoms with Crippen molar-refractivity contribution in [1.29, 1.82) is 0 Å². The van der Waals surface area contributed by atoms with Gasteiger partial charge in [0.05, 0.1) is 11.4 Å². The molecule has 1 N–H and O–H groups in total. The SMILES string of the molecule is CCN(C)C1CCC(c2ccc(-c3[nH]nc(-c4cc(C)c5ncnn5c4)c3C(C)C)cc2)CC1. The highest BCUT2D eigenvalue weighted by Gasteiger charge is 2.25. The van der Waals surface area contributed by atoms with E-state index >= 15 is 0 Å². The lowest BCUT2D eigenvalue weighted by molar-refractivity contribution is 0.190. The standard InChI is InChI=1S/C28H36N6/c1-6-33(5)24-13-11-21(12-14-24)20-7-9-22(10-8-20)26-25(18(2)3)27(32-31-26)23-15-19(4)28-29-17-30-34(28)16-23/h7-10,15-18,21,24H,6,11-14H2,1-5H3,(H,31,32). The van der Waals surface area contributed by atoms with E-state index < -0.39 is 0 Å². The molecule has 0 unspecified atom stereocenters. The maximum Gasteiger partial charge on any atom is 0.158 e. The molecule has 6 nitrogen and oxygen atoms in total. The van der Waals surface area contributed by atoms with Crippen molar-refractivity contribution in [2.45, 2.75) is 71.3 Å². The van der Waals surface area contributed by atoms with Crippen LogP contribution in [-0.4, -0.2) is 49.3 Å². The van der Waals surface area contributed by atoms with Crippen molar-refractivity contribution >= 4 is 5.65 Å². The van der Waals surface area contributed by atoms with Crippen LogP contribution in [0.5, 0.6) is 0 Å². The number of rotatable bonds is 6. The molecule has 0 spiro atoms. The van der Waals surface area contributed by atoms with Crippen molar-refractivity contribution in [3.8, 4) is 22.5 Å². The normalized spacial score (nSPS) is 18.9. The van der Waals surface area contributed by atoms with Crippen LogP contribution < -0.4 is 0 Å². The fourth-order valence-corrected chi connectivity index (χ4v) is 5.61. The Morgan fingerprint density at radius 1 is 1.09 bits per heavy atom. The molecule has 1 fully saturated rings. The summed E-state index contributed by atoms with van der Waals surface area (Å²) in [5, 5.41) is 12.5. The summed E-state index contributed by atoms with van der Waals surface area (Å²) in [6, 6.07) is 12.1. The van der Waals surface area contributed by atoms with Gasteiger partial charge in [-0.3, -0.25) is 5.10 Å². The molecule has 0 atom stereocenters. The number of aryl methyl sites for hydroxylation is 1. The van der Waals surface area contributed by atoms with Gasteiger partial charge in [-0.15, -0.1) is 0 Å². The number of H-pyrrole nitrogens is 1. The number of fused-ring (bicyclic) bond motifs is 1. The molecule has 1 aliphatic rings. The van der Waals surface area contributed by atoms with Crippen molar-refractivity contribution in [3.05, 3.63) is 59.5 Å². The molecule has 3 heterocycles. The molecule has 0 aliphatic heterocycles. The molecule has 6 heteroatoms. The molecule has 3 aromatic heterocycles. The number of nitrogens with one attached hydrogen (secondary N) is 1. The summed E-state index contributed by atoms with van der Waals surface area (Å²) in [4.78, 5) is 6.85. The quantitative estimate of drug-likeness (QED) is 0.375. The fourth-order valence-electron chi connectivity index (χ4n) is 5.61. The van der Waals surface area contributed by atoms with Gasteiger partial charge in [0.1, 0.15) is 6.33 Å². The summed E-state index contributed by atoms with van der Waals surface area (Å²) >= 11 is 0. The first-order chi connectivity index (χ1) is 16.5. The Morgan fingerprint density at radius 3 is 2.50 bits per heavy atom. The van der Waals surface area contributed by atoms with Gasteiger partial charge in [-0.2, -0.15) is 10.2 Å². The van der Waals surface area contributed by atoms with E-state index in [1.54, 1.807) is 6.33 Å². The van der Waals surface area contributed by atoms with Crippen LogP contribution in [0.3, 0.4) is 0 Å². The van der Waals surface area contributed by atoms with Crippen molar-refractivity contribution < 1.29 is 0 Å². The molecule has 4 aromatic rings. The van der Waals surface area contributed by atoms with Gasteiger partial charge in [0, 0.05) is 23.4 Å². The van der Waals surface area contributed by atoms with Crippen LogP contribution in [0.15, 0.2) is 42.9 Å². The highest BCUT2D eigenvalue weighted by Crippen LogP contribution is 2.38. The smallest absolute Gasteiger partial charge is 0.158 e. The Labute approximate surface area is 202 Å². The average Bonchev–Trinajstić information content (AvgIpc) is 3.51. The zero-order valence-corrected chi connectivity index (χ0v) is 21.0. The van der Waals surface area contributed by atoms with Gasteiger partial charge in [0.25, 0.3) is 0 Å². The molecule has 1 aliphatic carbocycles. The van der Waals surface area contributed by atoms with Crippen molar-refractivity contribution in [3.63, 3.8) is 0 Å². The first-order valence-electron chi connectivity index (χ1n) is 12.7. The first-order valence-corrected chi connectivity index (χ1v) is 12.7. The van der Waals surface area contributed by atoms with E-state index in [2.05, 4.69) is 85.2 Å². The van der Waals surface area contributed by atoms with Gasteiger partial charge < -0.3 is 4.90 Å². The monoisotopic (exact) mass is 456 g/mol. The summed E-state index contributed by atoms with van der Waals surface area (Å²) in [7, 11) is 2.26. The van der Waals surface area contributed by atoms with Crippen LogP contribution in [0.4, 0.5) is 0 Å². The summed E-state index contributed by atoms with van der Waals surface area (Å²) in [6.45, 7) is 9.94. The molecule has 0 bridgehead atoms. The zero-order chi connectivity index (χ0) is 23.8. The van der Waals surface area contributed by atoms with E-state index in [-0.39, 0.29) is 0 Å². The summed E-state index contributed by atoms with van der Waals surface area (Å²) in [6.07, 6.45) is 8.79. The van der Waals surface area contributed by atoms with Gasteiger partial charge in [-0.1, -0.05) is 45.0 Å². The summed E-state index contributed by atoms with van der Waals surface area (Å²) in [5.41, 5.74) is 9.06. The van der Waals surface area contributed by atoms with E-state index in [1.165, 1.54) is 42.4 Å². The van der Waals surface area contributed by atoms with Gasteiger partial charge in [-0.05, 0) is 80.8 Å². The molecule has 5 rings (SSSR count). The number of aromatic amines is 1. The predicted octanol–water partition coefficient (Wildman–Crippen LogP) is 6.20. The van der Waals surface area contributed by atoms with Crippen LogP contribution in [0, 0.1) is 6.92 Å². The molecule has 34 heavy (non-hydrogen) atoms. The third-order valence-corrected chi connectivity index (χ3v) is 7.70. The topological polar surface area (TPSA) is 62.1 Å². The number of hydrogen-bond acceptors (Lipinski definition) is 4. The molecule has 178 valence electrons. The Kier molecular flexibility index (Phi) is 6.26. The second kappa shape index (κ2) is 9.34. The highest BCUT2D eigenvalue weighted by atomic mass is 15.3. The Hall–Kier alpha value is -2.99. The first kappa shape index (κ1) is 22.8. The van der Waals surface area contributed by atoms with Crippen LogP contribution in [0.1, 0.15) is 75.0 Å². The lowest BCUT2D eigenvalue weighted by Gasteiger charge is -2.34. The lowest BCUT2D eigenvalue weighted by atomic mass is 9.81. The predicted molar refractivity (Wildman–Crippen MR) is 138 cm³/mol. The minimum absolute atomic E-state index is 0.334. The Morgan fingerprint density at radius 2 is 1.82 bits per heavy atom. The number of nitrogens with zero attached hydrogens (tertiary/aromatic N) is 5. The van der Waals surface area contributed by atoms with Crippen LogP contribution in [-0.2, 0) is 0 Å². The van der Waals surface area contributed by atoms with Crippen molar-refractivity contribution in [2.24, 2.45) is 0 Å². The van der Waals surface area contributed by atoms with Crippen molar-refractivity contribution in [1.82, 2.24) is 29.7 Å². The number of benzene rings is 1. The number of aromatic nitrogens is 5. The van der Waals surface area contributed by atoms with Gasteiger partial charge in [0.2, 0.25) is 0 Å². The molecular weight excluding hydrogens is 420 g/mol. The summed E-state index contributed by atoms with van der Waals surface area (Å²) < 4.78 is 1.84. The van der Waals surface area contributed by atoms with Crippen LogP contribution in [0.2, 0.25) is 0 Å². The maximum atomic E-state index is 4.77. The molecule has 1 saturated carbocycles. The molecule has 0 radical (unpaired) electrons. The fraction of sp³-hybridized carbons (Fsp3) is 0.464. The Balaban J connectivity index is 1.41. The van der Waals surface area contributed by atoms with Crippen LogP contribution in [0.25, 0.3) is 28.2 Å². The third kappa shape index (κ3) is 4.16. The van der Waals surface area contributed by atoms with Crippen LogP contribution >= 0.6 is 0 Å². The van der Waals surface area contributed by atoms with Gasteiger partial charge in [-0.25, -0.2) is 9.50 Å². The van der Waals surface area contributed by atoms with E-state index in [4.69, 9.17) is 5.10 Å². The number of hydrogen-bond donors (Lipinski definition) is 1. The highest BCUT2D eigenvalue weighted by molar-refractivity contribution is 5.76. The van der Waals surface area contributed by atoms with E-state index in [0.717, 1.165) is 40.7 Å². The molecule has 0 amide bonds. The Bertz CT molecular complexity index is 1260. The largest absolute Gasteiger partial charge is 0.304 e. The molecule has 0 saturated heterocycles. The molecular formula is C28H36N6. The van der Waals surface area contributed by atoms with Crippen molar-refractivity contribution in [2.75, 3.05) is 13.6 Å². The summed E-state index contributed by atoms with van der Waals surface area (Å²) in [5.74, 6) is 1.01. The van der Waals surface area contributed by atoms with Gasteiger partial charge >= 0.3 is 0 Å². The minimum atomic E-state index is 0.334. The molecule has 1 aromatic carbocycles. The lowest BCUT2D eigenvalue weighted by Crippen LogP contribution is -2.34.